The third kappa shape index (κ3) is 3.15. The van der Waals surface area contributed by atoms with E-state index in [1.54, 1.807) is 14.0 Å². The molecule has 4 nitrogen and oxygen atoms in total. The van der Waals surface area contributed by atoms with Crippen LogP contribution in [0.5, 0.6) is 0 Å². The van der Waals surface area contributed by atoms with Crippen LogP contribution < -0.4 is 0 Å². The van der Waals surface area contributed by atoms with Crippen molar-refractivity contribution in [3.05, 3.63) is 41.5 Å². The number of rotatable bonds is 4. The number of benzene rings is 1. The van der Waals surface area contributed by atoms with E-state index >= 15 is 0 Å². The molecule has 1 aliphatic rings. The van der Waals surface area contributed by atoms with Gasteiger partial charge in [0.25, 0.3) is 0 Å². The lowest BCUT2D eigenvalue weighted by Crippen LogP contribution is -2.24. The van der Waals surface area contributed by atoms with Crippen LogP contribution in [0.15, 0.2) is 35.9 Å². The zero-order valence-electron chi connectivity index (χ0n) is 11.2. The van der Waals surface area contributed by atoms with E-state index in [0.717, 1.165) is 5.56 Å². The van der Waals surface area contributed by atoms with Crippen LogP contribution in [0.4, 0.5) is 0 Å². The third-order valence-electron chi connectivity index (χ3n) is 2.97. The molecule has 0 radical (unpaired) electrons. The highest BCUT2D eigenvalue weighted by molar-refractivity contribution is 5.96. The molecule has 4 heteroatoms. The smallest absolute Gasteiger partial charge is 0.337 e. The average molecular weight is 262 g/mol. The van der Waals surface area contributed by atoms with Gasteiger partial charge in [-0.15, -0.1) is 0 Å². The van der Waals surface area contributed by atoms with Crippen molar-refractivity contribution in [2.45, 2.75) is 26.1 Å². The summed E-state index contributed by atoms with van der Waals surface area (Å²) in [5.41, 5.74) is 1.45. The lowest BCUT2D eigenvalue weighted by molar-refractivity contribution is -0.140. The summed E-state index contributed by atoms with van der Waals surface area (Å²) >= 11 is 0. The quantitative estimate of drug-likeness (QED) is 0.783. The first-order valence-electron chi connectivity index (χ1n) is 6.41. The van der Waals surface area contributed by atoms with Gasteiger partial charge in [0.05, 0.1) is 12.2 Å². The molecular weight excluding hydrogens is 244 g/mol. The summed E-state index contributed by atoms with van der Waals surface area (Å²) in [7, 11) is 1.60. The van der Waals surface area contributed by atoms with Crippen molar-refractivity contribution in [3.63, 3.8) is 0 Å². The molecule has 102 valence electrons. The molecule has 1 heterocycles. The molecule has 0 N–H and O–H groups in total. The van der Waals surface area contributed by atoms with Gasteiger partial charge in [-0.25, -0.2) is 4.79 Å². The number of ether oxygens (including phenoxy) is 3. The fourth-order valence-corrected chi connectivity index (χ4v) is 2.05. The standard InChI is InChI=1S/C15H18O4/c1-3-18-15(16)12-9-10-13(17-2)19-14(12)11-7-5-4-6-8-11/h4-8,13H,3,9-10H2,1-2H3. The van der Waals surface area contributed by atoms with Crippen molar-refractivity contribution in [2.75, 3.05) is 13.7 Å². The summed E-state index contributed by atoms with van der Waals surface area (Å²) in [4.78, 5) is 12.0. The van der Waals surface area contributed by atoms with Crippen LogP contribution in [-0.4, -0.2) is 26.0 Å². The van der Waals surface area contributed by atoms with Crippen molar-refractivity contribution in [1.29, 1.82) is 0 Å². The van der Waals surface area contributed by atoms with Crippen molar-refractivity contribution < 1.29 is 19.0 Å². The zero-order valence-corrected chi connectivity index (χ0v) is 11.2. The summed E-state index contributed by atoms with van der Waals surface area (Å²) in [6, 6.07) is 9.56. The Hall–Kier alpha value is -1.81. The van der Waals surface area contributed by atoms with Gasteiger partial charge in [-0.05, 0) is 13.3 Å². The maximum Gasteiger partial charge on any atom is 0.337 e. The maximum atomic E-state index is 12.0. The molecule has 0 aromatic heterocycles. The maximum absolute atomic E-state index is 12.0. The van der Waals surface area contributed by atoms with Gasteiger partial charge in [-0.3, -0.25) is 0 Å². The van der Waals surface area contributed by atoms with E-state index in [1.807, 2.05) is 30.3 Å². The minimum atomic E-state index is -0.312. The Labute approximate surface area is 113 Å². The first kappa shape index (κ1) is 13.6. The van der Waals surface area contributed by atoms with E-state index in [2.05, 4.69) is 0 Å². The predicted octanol–water partition coefficient (Wildman–Crippen LogP) is 2.74. The fourth-order valence-electron chi connectivity index (χ4n) is 2.05. The van der Waals surface area contributed by atoms with Crippen LogP contribution in [0.25, 0.3) is 5.76 Å². The Bertz CT molecular complexity index is 464. The predicted molar refractivity (Wildman–Crippen MR) is 71.1 cm³/mol. The summed E-state index contributed by atoms with van der Waals surface area (Å²) in [6.07, 6.45) is 0.941. The molecule has 0 saturated carbocycles. The SMILES string of the molecule is CCOC(=O)C1=C(c2ccccc2)OC(OC)CC1. The minimum absolute atomic E-state index is 0.309. The van der Waals surface area contributed by atoms with E-state index in [9.17, 15) is 4.79 Å². The number of carbonyl (C=O) groups excluding carboxylic acids is 1. The highest BCUT2D eigenvalue weighted by Crippen LogP contribution is 2.31. The second-order valence-electron chi connectivity index (χ2n) is 4.22. The van der Waals surface area contributed by atoms with Gasteiger partial charge in [0, 0.05) is 19.1 Å². The molecule has 0 fully saturated rings. The first-order valence-corrected chi connectivity index (χ1v) is 6.41. The summed E-state index contributed by atoms with van der Waals surface area (Å²) in [6.45, 7) is 2.15. The zero-order chi connectivity index (χ0) is 13.7. The Morgan fingerprint density at radius 3 is 2.74 bits per heavy atom. The molecular formula is C15H18O4. The third-order valence-corrected chi connectivity index (χ3v) is 2.97. The fraction of sp³-hybridized carbons (Fsp3) is 0.400. The number of hydrogen-bond acceptors (Lipinski definition) is 4. The molecule has 1 atom stereocenters. The van der Waals surface area contributed by atoms with Crippen LogP contribution in [0.1, 0.15) is 25.3 Å². The lowest BCUT2D eigenvalue weighted by Gasteiger charge is -2.26. The molecule has 0 amide bonds. The molecule has 0 bridgehead atoms. The monoisotopic (exact) mass is 262 g/mol. The molecule has 1 aliphatic heterocycles. The van der Waals surface area contributed by atoms with Gasteiger partial charge in [0.1, 0.15) is 5.76 Å². The van der Waals surface area contributed by atoms with E-state index < -0.39 is 0 Å². The van der Waals surface area contributed by atoms with Crippen molar-refractivity contribution in [3.8, 4) is 0 Å². The van der Waals surface area contributed by atoms with Crippen LogP contribution >= 0.6 is 0 Å². The van der Waals surface area contributed by atoms with Gasteiger partial charge in [-0.2, -0.15) is 0 Å². The normalized spacial score (nSPS) is 18.9. The Kier molecular flexibility index (Phi) is 4.58. The summed E-state index contributed by atoms with van der Waals surface area (Å²) < 4.78 is 16.1. The highest BCUT2D eigenvalue weighted by atomic mass is 16.7. The minimum Gasteiger partial charge on any atom is -0.464 e. The van der Waals surface area contributed by atoms with Crippen LogP contribution in [0, 0.1) is 0 Å². The van der Waals surface area contributed by atoms with Gasteiger partial charge in [0.15, 0.2) is 6.29 Å². The van der Waals surface area contributed by atoms with Crippen molar-refractivity contribution in [1.82, 2.24) is 0 Å². The van der Waals surface area contributed by atoms with Crippen molar-refractivity contribution in [2.24, 2.45) is 0 Å². The lowest BCUT2D eigenvalue weighted by atomic mass is 10.0. The molecule has 2 rings (SSSR count). The molecule has 19 heavy (non-hydrogen) atoms. The van der Waals surface area contributed by atoms with Crippen LogP contribution in [0.3, 0.4) is 0 Å². The largest absolute Gasteiger partial charge is 0.464 e. The topological polar surface area (TPSA) is 44.8 Å². The van der Waals surface area contributed by atoms with E-state index in [0.29, 0.717) is 30.8 Å². The Morgan fingerprint density at radius 2 is 2.11 bits per heavy atom. The number of methoxy groups -OCH3 is 1. The molecule has 0 saturated heterocycles. The first-order chi connectivity index (χ1) is 9.26. The highest BCUT2D eigenvalue weighted by Gasteiger charge is 2.27. The van der Waals surface area contributed by atoms with E-state index in [-0.39, 0.29) is 12.3 Å². The van der Waals surface area contributed by atoms with E-state index in [4.69, 9.17) is 14.2 Å². The number of carbonyl (C=O) groups is 1. The summed E-state index contributed by atoms with van der Waals surface area (Å²) in [5.74, 6) is 0.257. The second-order valence-corrected chi connectivity index (χ2v) is 4.22. The van der Waals surface area contributed by atoms with Gasteiger partial charge in [-0.1, -0.05) is 30.3 Å². The average Bonchev–Trinajstić information content (AvgIpc) is 2.47. The number of esters is 1. The number of hydrogen-bond donors (Lipinski definition) is 0. The van der Waals surface area contributed by atoms with Crippen LogP contribution in [-0.2, 0) is 19.0 Å². The molecule has 1 aromatic carbocycles. The van der Waals surface area contributed by atoms with Gasteiger partial charge >= 0.3 is 5.97 Å². The Morgan fingerprint density at radius 1 is 1.37 bits per heavy atom. The molecule has 0 aliphatic carbocycles. The molecule has 0 spiro atoms. The van der Waals surface area contributed by atoms with E-state index in [1.165, 1.54) is 0 Å². The molecule has 1 aromatic rings. The van der Waals surface area contributed by atoms with Gasteiger partial charge < -0.3 is 14.2 Å². The summed E-state index contributed by atoms with van der Waals surface area (Å²) in [5, 5.41) is 0. The second kappa shape index (κ2) is 6.38. The molecule has 1 unspecified atom stereocenters. The van der Waals surface area contributed by atoms with Gasteiger partial charge in [0.2, 0.25) is 0 Å². The Balaban J connectivity index is 2.36. The van der Waals surface area contributed by atoms with Crippen LogP contribution in [0.2, 0.25) is 0 Å². The van der Waals surface area contributed by atoms with Crippen molar-refractivity contribution >= 4 is 11.7 Å².